The predicted octanol–water partition coefficient (Wildman–Crippen LogP) is -0.937. The molecular weight excluding hydrogens is 325 g/mol. The highest BCUT2D eigenvalue weighted by atomic mass is 127. The van der Waals surface area contributed by atoms with Crippen LogP contribution in [-0.2, 0) is 6.67 Å². The van der Waals surface area contributed by atoms with Crippen molar-refractivity contribution < 1.29 is 28.5 Å². The van der Waals surface area contributed by atoms with E-state index in [4.69, 9.17) is 0 Å². The maximum atomic E-state index is 4.62. The van der Waals surface area contributed by atoms with E-state index in [1.165, 1.54) is 11.1 Å². The van der Waals surface area contributed by atoms with E-state index in [1.54, 1.807) is 0 Å². The summed E-state index contributed by atoms with van der Waals surface area (Å²) in [6.45, 7) is 5.05. The monoisotopic (exact) mass is 339 g/mol. The van der Waals surface area contributed by atoms with Crippen LogP contribution in [0, 0.1) is 6.92 Å². The molecule has 0 saturated heterocycles. The first-order valence-corrected chi connectivity index (χ1v) is 5.44. The summed E-state index contributed by atoms with van der Waals surface area (Å²) in [4.78, 5) is 6.79. The van der Waals surface area contributed by atoms with Gasteiger partial charge >= 0.3 is 5.82 Å². The lowest BCUT2D eigenvalue weighted by molar-refractivity contribution is -0.700. The van der Waals surface area contributed by atoms with E-state index in [0.717, 1.165) is 18.3 Å². The van der Waals surface area contributed by atoms with Gasteiger partial charge in [-0.1, -0.05) is 6.08 Å². The van der Waals surface area contributed by atoms with Crippen molar-refractivity contribution in [1.29, 1.82) is 0 Å². The van der Waals surface area contributed by atoms with Crippen LogP contribution in [0.3, 0.4) is 0 Å². The van der Waals surface area contributed by atoms with E-state index in [2.05, 4.69) is 65.0 Å². The number of hydrogen-bond donors (Lipinski definition) is 0. The number of hydrogen-bond acceptors (Lipinski definition) is 2. The van der Waals surface area contributed by atoms with Gasteiger partial charge in [0.2, 0.25) is 0 Å². The first-order valence-electron chi connectivity index (χ1n) is 5.44. The van der Waals surface area contributed by atoms with Crippen molar-refractivity contribution in [2.24, 2.45) is 4.99 Å². The van der Waals surface area contributed by atoms with Crippen LogP contribution in [0.5, 0.6) is 0 Å². The minimum Gasteiger partial charge on any atom is -1.00 e. The zero-order valence-electron chi connectivity index (χ0n) is 9.89. The van der Waals surface area contributed by atoms with Crippen LogP contribution in [0.1, 0.15) is 12.5 Å². The Balaban J connectivity index is 0.00000108. The van der Waals surface area contributed by atoms with Crippen molar-refractivity contribution in [3.8, 4) is 0 Å². The topological polar surface area (TPSA) is 19.5 Å². The number of nitrogens with zero attached hydrogens (tertiary/aromatic N) is 3. The minimum atomic E-state index is 0. The fourth-order valence-electron chi connectivity index (χ4n) is 2.02. The Morgan fingerprint density at radius 2 is 2.06 bits per heavy atom. The van der Waals surface area contributed by atoms with Gasteiger partial charge in [-0.15, -0.1) is 0 Å². The number of aromatic nitrogens is 1. The third-order valence-electron chi connectivity index (χ3n) is 2.83. The van der Waals surface area contributed by atoms with Gasteiger partial charge in [-0.2, -0.15) is 0 Å². The second-order valence-electron chi connectivity index (χ2n) is 4.32. The summed E-state index contributed by atoms with van der Waals surface area (Å²) in [6.07, 6.45) is 8.44. The summed E-state index contributed by atoms with van der Waals surface area (Å²) < 4.78 is 2.17. The van der Waals surface area contributed by atoms with E-state index in [1.807, 2.05) is 0 Å². The van der Waals surface area contributed by atoms with Crippen molar-refractivity contribution in [3.63, 3.8) is 0 Å². The summed E-state index contributed by atoms with van der Waals surface area (Å²) in [5.74, 6) is 2.05. The highest BCUT2D eigenvalue weighted by Gasteiger charge is 2.25. The molecule has 0 bridgehead atoms. The van der Waals surface area contributed by atoms with E-state index < -0.39 is 0 Å². The largest absolute Gasteiger partial charge is 1.00 e. The van der Waals surface area contributed by atoms with Crippen molar-refractivity contribution >= 4 is 11.7 Å². The van der Waals surface area contributed by atoms with Crippen LogP contribution >= 0.6 is 0 Å². The summed E-state index contributed by atoms with van der Waals surface area (Å²) >= 11 is 0. The van der Waals surface area contributed by atoms with Gasteiger partial charge in [-0.05, 0) is 36.0 Å². The lowest BCUT2D eigenvalue weighted by Crippen LogP contribution is -3.00. The SMILES string of the molecule is CC1=CN2C[n+]3cc(C)ccc3N=C2C=C1.[I-]. The molecule has 3 nitrogen and oxygen atoms in total. The summed E-state index contributed by atoms with van der Waals surface area (Å²) in [6, 6.07) is 4.16. The number of halogens is 1. The smallest absolute Gasteiger partial charge is 0.327 e. The molecule has 88 valence electrons. The zero-order valence-corrected chi connectivity index (χ0v) is 12.0. The molecule has 0 aliphatic carbocycles. The molecule has 0 aromatic carbocycles. The van der Waals surface area contributed by atoms with Crippen molar-refractivity contribution in [1.82, 2.24) is 4.90 Å². The molecule has 4 heteroatoms. The molecule has 1 aromatic heterocycles. The Kier molecular flexibility index (Phi) is 3.33. The second-order valence-corrected chi connectivity index (χ2v) is 4.32. The van der Waals surface area contributed by atoms with Gasteiger partial charge in [0.25, 0.3) is 5.84 Å². The number of amidine groups is 1. The normalized spacial score (nSPS) is 16.5. The van der Waals surface area contributed by atoms with E-state index in [0.29, 0.717) is 0 Å². The molecule has 0 fully saturated rings. The van der Waals surface area contributed by atoms with Gasteiger partial charge in [0, 0.05) is 18.3 Å². The molecule has 1 aromatic rings. The molecule has 0 unspecified atom stereocenters. The molecule has 0 N–H and O–H groups in total. The predicted molar refractivity (Wildman–Crippen MR) is 63.2 cm³/mol. The third-order valence-corrected chi connectivity index (χ3v) is 2.83. The van der Waals surface area contributed by atoms with E-state index >= 15 is 0 Å². The zero-order chi connectivity index (χ0) is 11.1. The summed E-state index contributed by atoms with van der Waals surface area (Å²) in [5, 5.41) is 0. The fraction of sp³-hybridized carbons (Fsp3) is 0.231. The number of rotatable bonds is 0. The number of fused-ring (bicyclic) bond motifs is 2. The Hall–Kier alpha value is -1.17. The molecule has 0 saturated carbocycles. The van der Waals surface area contributed by atoms with Gasteiger partial charge in [-0.3, -0.25) is 4.90 Å². The Morgan fingerprint density at radius 3 is 2.88 bits per heavy atom. The average molecular weight is 339 g/mol. The van der Waals surface area contributed by atoms with Gasteiger partial charge in [0.1, 0.15) is 0 Å². The van der Waals surface area contributed by atoms with Crippen molar-refractivity contribution in [2.45, 2.75) is 20.5 Å². The molecule has 17 heavy (non-hydrogen) atoms. The van der Waals surface area contributed by atoms with Crippen molar-refractivity contribution in [2.75, 3.05) is 0 Å². The van der Waals surface area contributed by atoms with Crippen LogP contribution in [0.15, 0.2) is 47.2 Å². The van der Waals surface area contributed by atoms with E-state index in [-0.39, 0.29) is 24.0 Å². The van der Waals surface area contributed by atoms with Crippen molar-refractivity contribution in [3.05, 3.63) is 47.8 Å². The molecule has 0 spiro atoms. The highest BCUT2D eigenvalue weighted by molar-refractivity contribution is 5.96. The van der Waals surface area contributed by atoms with Gasteiger partial charge in [0.15, 0.2) is 6.67 Å². The van der Waals surface area contributed by atoms with Crippen LogP contribution in [-0.4, -0.2) is 10.7 Å². The van der Waals surface area contributed by atoms with Crippen LogP contribution < -0.4 is 28.5 Å². The highest BCUT2D eigenvalue weighted by Crippen LogP contribution is 2.18. The minimum absolute atomic E-state index is 0. The maximum absolute atomic E-state index is 4.62. The first kappa shape index (κ1) is 12.3. The van der Waals surface area contributed by atoms with Crippen LogP contribution in [0.2, 0.25) is 0 Å². The molecule has 2 aliphatic rings. The average Bonchev–Trinajstić information content (AvgIpc) is 2.26. The summed E-state index contributed by atoms with van der Waals surface area (Å²) in [5.41, 5.74) is 2.52. The molecule has 3 heterocycles. The van der Waals surface area contributed by atoms with E-state index in [9.17, 15) is 0 Å². The quantitative estimate of drug-likeness (QED) is 0.441. The maximum Gasteiger partial charge on any atom is 0.327 e. The lowest BCUT2D eigenvalue weighted by Gasteiger charge is -2.23. The second kappa shape index (κ2) is 4.60. The first-order chi connectivity index (χ1) is 7.72. The Bertz CT molecular complexity index is 544. The third kappa shape index (κ3) is 2.26. The summed E-state index contributed by atoms with van der Waals surface area (Å²) in [7, 11) is 0. The van der Waals surface area contributed by atoms with Gasteiger partial charge in [0.05, 0.1) is 6.20 Å². The number of pyridine rings is 1. The Morgan fingerprint density at radius 1 is 1.24 bits per heavy atom. The molecular formula is C13H14IN3. The molecule has 0 atom stereocenters. The number of allylic oxidation sites excluding steroid dienone is 2. The van der Waals surface area contributed by atoms with Crippen LogP contribution in [0.25, 0.3) is 0 Å². The number of aryl methyl sites for hydroxylation is 1. The van der Waals surface area contributed by atoms with Crippen LogP contribution in [0.4, 0.5) is 5.82 Å². The molecule has 2 aliphatic heterocycles. The molecule has 3 rings (SSSR count). The van der Waals surface area contributed by atoms with Gasteiger partial charge < -0.3 is 24.0 Å². The fourth-order valence-corrected chi connectivity index (χ4v) is 2.02. The Labute approximate surface area is 118 Å². The molecule has 0 radical (unpaired) electrons. The van der Waals surface area contributed by atoms with Gasteiger partial charge in [-0.25, -0.2) is 4.57 Å². The number of aliphatic imine (C=N–C) groups is 1. The lowest BCUT2D eigenvalue weighted by atomic mass is 10.2. The standard InChI is InChI=1S/C13H14N3.HI/c1-10-3-5-12-14-13-6-4-11(2)8-16(13)9-15(12)7-10;/h3-8H,9H2,1-2H3;1H/q+1;/p-1. The molecule has 0 amide bonds.